The highest BCUT2D eigenvalue weighted by atomic mass is 32.2. The molecule has 0 bridgehead atoms. The SMILES string of the molecule is C=CCn1c(SCC(=O)Nc2sc(C)c(CC)c2C(=O)OC)nnc1-c1cccc(OC)c1. The lowest BCUT2D eigenvalue weighted by Gasteiger charge is -2.09. The highest BCUT2D eigenvalue weighted by Gasteiger charge is 2.23. The van der Waals surface area contributed by atoms with E-state index in [0.717, 1.165) is 16.0 Å². The van der Waals surface area contributed by atoms with Gasteiger partial charge >= 0.3 is 5.97 Å². The minimum atomic E-state index is -0.451. The summed E-state index contributed by atoms with van der Waals surface area (Å²) < 4.78 is 12.1. The van der Waals surface area contributed by atoms with Crippen LogP contribution in [0.3, 0.4) is 0 Å². The van der Waals surface area contributed by atoms with Crippen molar-refractivity contribution >= 4 is 40.0 Å². The predicted octanol–water partition coefficient (Wildman–Crippen LogP) is 4.59. The number of thioether (sulfide) groups is 1. The number of aryl methyl sites for hydroxylation is 1. The maximum absolute atomic E-state index is 12.7. The van der Waals surface area contributed by atoms with Gasteiger partial charge in [0.05, 0.1) is 25.5 Å². The maximum atomic E-state index is 12.7. The molecule has 0 atom stereocenters. The number of ether oxygens (including phenoxy) is 2. The number of aromatic nitrogens is 3. The first-order valence-electron chi connectivity index (χ1n) is 10.2. The Hall–Kier alpha value is -3.11. The zero-order valence-electron chi connectivity index (χ0n) is 19.0. The molecule has 0 aliphatic rings. The molecule has 1 aromatic carbocycles. The monoisotopic (exact) mass is 486 g/mol. The first-order valence-corrected chi connectivity index (χ1v) is 12.0. The molecule has 33 heavy (non-hydrogen) atoms. The fraction of sp³-hybridized carbons (Fsp3) is 0.304. The molecule has 0 aliphatic heterocycles. The van der Waals surface area contributed by atoms with E-state index in [4.69, 9.17) is 9.47 Å². The molecule has 174 valence electrons. The topological polar surface area (TPSA) is 95.3 Å². The Kier molecular flexibility index (Phi) is 8.29. The second kappa shape index (κ2) is 11.2. The summed E-state index contributed by atoms with van der Waals surface area (Å²) in [6.45, 7) is 8.20. The van der Waals surface area contributed by atoms with Gasteiger partial charge in [-0.1, -0.05) is 36.9 Å². The van der Waals surface area contributed by atoms with Crippen LogP contribution in [0.25, 0.3) is 11.4 Å². The number of hydrogen-bond acceptors (Lipinski definition) is 8. The molecule has 0 saturated heterocycles. The van der Waals surface area contributed by atoms with Gasteiger partial charge in [0.25, 0.3) is 0 Å². The Bertz CT molecular complexity index is 1170. The van der Waals surface area contributed by atoms with E-state index >= 15 is 0 Å². The van der Waals surface area contributed by atoms with E-state index in [1.165, 1.54) is 30.2 Å². The molecule has 0 saturated carbocycles. The summed E-state index contributed by atoms with van der Waals surface area (Å²) in [5, 5.41) is 12.5. The van der Waals surface area contributed by atoms with Crippen LogP contribution in [0.5, 0.6) is 5.75 Å². The summed E-state index contributed by atoms with van der Waals surface area (Å²) in [6.07, 6.45) is 2.43. The Balaban J connectivity index is 1.78. The highest BCUT2D eigenvalue weighted by Crippen LogP contribution is 2.34. The molecule has 8 nitrogen and oxygen atoms in total. The lowest BCUT2D eigenvalue weighted by atomic mass is 10.1. The van der Waals surface area contributed by atoms with Crippen LogP contribution in [0.15, 0.2) is 42.1 Å². The van der Waals surface area contributed by atoms with Gasteiger partial charge < -0.3 is 14.8 Å². The van der Waals surface area contributed by atoms with Crippen molar-refractivity contribution in [3.63, 3.8) is 0 Å². The molecular weight excluding hydrogens is 460 g/mol. The highest BCUT2D eigenvalue weighted by molar-refractivity contribution is 7.99. The summed E-state index contributed by atoms with van der Waals surface area (Å²) in [4.78, 5) is 26.0. The van der Waals surface area contributed by atoms with Gasteiger partial charge in [-0.05, 0) is 31.0 Å². The van der Waals surface area contributed by atoms with Crippen LogP contribution in [-0.2, 0) is 22.5 Å². The fourth-order valence-corrected chi connectivity index (χ4v) is 5.27. The average molecular weight is 487 g/mol. The molecule has 0 spiro atoms. The van der Waals surface area contributed by atoms with E-state index in [2.05, 4.69) is 22.1 Å². The van der Waals surface area contributed by atoms with Crippen molar-refractivity contribution in [2.45, 2.75) is 32.0 Å². The zero-order chi connectivity index (χ0) is 24.0. The number of amides is 1. The normalized spacial score (nSPS) is 10.7. The maximum Gasteiger partial charge on any atom is 0.341 e. The molecule has 0 unspecified atom stereocenters. The molecule has 0 aliphatic carbocycles. The summed E-state index contributed by atoms with van der Waals surface area (Å²) >= 11 is 2.64. The Labute approximate surface area is 201 Å². The van der Waals surface area contributed by atoms with E-state index in [-0.39, 0.29) is 11.7 Å². The van der Waals surface area contributed by atoms with E-state index in [1.54, 1.807) is 13.2 Å². The molecule has 3 rings (SSSR count). The number of benzene rings is 1. The van der Waals surface area contributed by atoms with E-state index in [9.17, 15) is 9.59 Å². The minimum Gasteiger partial charge on any atom is -0.497 e. The van der Waals surface area contributed by atoms with Gasteiger partial charge in [0.15, 0.2) is 11.0 Å². The summed E-state index contributed by atoms with van der Waals surface area (Å²) in [7, 11) is 2.94. The van der Waals surface area contributed by atoms with Crippen molar-refractivity contribution in [1.29, 1.82) is 0 Å². The second-order valence-electron chi connectivity index (χ2n) is 6.96. The standard InChI is InChI=1S/C23H26N4O4S2/c1-6-11-27-20(15-9-8-10-16(12-15)30-4)25-26-23(27)32-13-18(28)24-21-19(22(29)31-5)17(7-2)14(3)33-21/h6,8-10,12H,1,7,11,13H2,2-5H3,(H,24,28). The summed E-state index contributed by atoms with van der Waals surface area (Å²) in [5.41, 5.74) is 2.17. The largest absolute Gasteiger partial charge is 0.497 e. The number of rotatable bonds is 10. The number of hydrogen-bond donors (Lipinski definition) is 1. The quantitative estimate of drug-likeness (QED) is 0.254. The second-order valence-corrected chi connectivity index (χ2v) is 9.13. The lowest BCUT2D eigenvalue weighted by molar-refractivity contribution is -0.113. The van der Waals surface area contributed by atoms with Crippen LogP contribution in [0, 0.1) is 6.92 Å². The third kappa shape index (κ3) is 5.45. The molecule has 10 heteroatoms. The van der Waals surface area contributed by atoms with Gasteiger partial charge in [-0.3, -0.25) is 9.36 Å². The van der Waals surface area contributed by atoms with Crippen molar-refractivity contribution < 1.29 is 19.1 Å². The number of anilines is 1. The van der Waals surface area contributed by atoms with Crippen molar-refractivity contribution in [2.75, 3.05) is 25.3 Å². The van der Waals surface area contributed by atoms with Gasteiger partial charge in [0, 0.05) is 17.0 Å². The van der Waals surface area contributed by atoms with Crippen molar-refractivity contribution in [1.82, 2.24) is 14.8 Å². The number of methoxy groups -OCH3 is 2. The molecule has 0 fully saturated rings. The number of carbonyl (C=O) groups is 2. The summed E-state index contributed by atoms with van der Waals surface area (Å²) in [5.74, 6) is 0.782. The number of carbonyl (C=O) groups excluding carboxylic acids is 2. The van der Waals surface area contributed by atoms with Gasteiger partial charge in [0.1, 0.15) is 10.8 Å². The number of thiophene rings is 1. The Morgan fingerprint density at radius 2 is 2.09 bits per heavy atom. The van der Waals surface area contributed by atoms with Gasteiger partial charge in [-0.25, -0.2) is 4.79 Å². The van der Waals surface area contributed by atoms with Gasteiger partial charge in [-0.15, -0.1) is 28.1 Å². The first-order chi connectivity index (χ1) is 15.9. The number of esters is 1. The van der Waals surface area contributed by atoms with Crippen LogP contribution in [-0.4, -0.2) is 46.6 Å². The third-order valence-electron chi connectivity index (χ3n) is 4.89. The Morgan fingerprint density at radius 3 is 2.76 bits per heavy atom. The molecule has 2 heterocycles. The van der Waals surface area contributed by atoms with Crippen molar-refractivity contribution in [3.05, 3.63) is 52.9 Å². The molecule has 0 radical (unpaired) electrons. The number of nitrogens with one attached hydrogen (secondary N) is 1. The smallest absolute Gasteiger partial charge is 0.341 e. The zero-order valence-corrected chi connectivity index (χ0v) is 20.6. The molecule has 2 aromatic heterocycles. The Morgan fingerprint density at radius 1 is 1.30 bits per heavy atom. The van der Waals surface area contributed by atoms with Crippen LogP contribution >= 0.6 is 23.1 Å². The lowest BCUT2D eigenvalue weighted by Crippen LogP contribution is -2.16. The van der Waals surface area contributed by atoms with E-state index in [0.29, 0.717) is 40.3 Å². The van der Waals surface area contributed by atoms with Gasteiger partial charge in [-0.2, -0.15) is 0 Å². The third-order valence-corrected chi connectivity index (χ3v) is 6.92. The number of allylic oxidation sites excluding steroid dienone is 1. The first kappa shape index (κ1) is 24.5. The van der Waals surface area contributed by atoms with E-state index < -0.39 is 5.97 Å². The van der Waals surface area contributed by atoms with E-state index in [1.807, 2.05) is 42.7 Å². The van der Waals surface area contributed by atoms with Crippen molar-refractivity contribution in [3.8, 4) is 17.1 Å². The minimum absolute atomic E-state index is 0.104. The van der Waals surface area contributed by atoms with Crippen LogP contribution in [0.4, 0.5) is 5.00 Å². The molecule has 1 N–H and O–H groups in total. The molecule has 1 amide bonds. The van der Waals surface area contributed by atoms with Gasteiger partial charge in [0.2, 0.25) is 5.91 Å². The van der Waals surface area contributed by atoms with Crippen LogP contribution in [0.1, 0.15) is 27.7 Å². The fourth-order valence-electron chi connectivity index (χ4n) is 3.37. The van der Waals surface area contributed by atoms with Crippen LogP contribution < -0.4 is 10.1 Å². The predicted molar refractivity (Wildman–Crippen MR) is 131 cm³/mol. The van der Waals surface area contributed by atoms with Crippen LogP contribution in [0.2, 0.25) is 0 Å². The molecular formula is C23H26N4O4S2. The molecule has 3 aromatic rings. The number of nitrogens with zero attached hydrogens (tertiary/aromatic N) is 3. The van der Waals surface area contributed by atoms with Crippen molar-refractivity contribution in [2.24, 2.45) is 0 Å². The average Bonchev–Trinajstić information content (AvgIpc) is 3.37. The summed E-state index contributed by atoms with van der Waals surface area (Å²) in [6, 6.07) is 7.54.